The number of thiazole rings is 1. The van der Waals surface area contributed by atoms with Crippen LogP contribution in [-0.2, 0) is 5.41 Å². The van der Waals surface area contributed by atoms with Gasteiger partial charge in [-0.1, -0.05) is 57.3 Å². The zero-order valence-corrected chi connectivity index (χ0v) is 12.4. The second-order valence-electron chi connectivity index (χ2n) is 5.23. The Kier molecular flexibility index (Phi) is 3.50. The highest BCUT2D eigenvalue weighted by molar-refractivity contribution is 7.80. The van der Waals surface area contributed by atoms with Gasteiger partial charge in [-0.2, -0.15) is 0 Å². The van der Waals surface area contributed by atoms with Crippen LogP contribution >= 0.6 is 23.6 Å². The molecule has 0 aliphatic carbocycles. The van der Waals surface area contributed by atoms with Gasteiger partial charge in [0.15, 0.2) is 0 Å². The summed E-state index contributed by atoms with van der Waals surface area (Å²) < 4.78 is 0. The number of hydrogen-bond acceptors (Lipinski definition) is 3. The van der Waals surface area contributed by atoms with Crippen LogP contribution in [0, 0.1) is 0 Å². The molecule has 1 aromatic heterocycles. The van der Waals surface area contributed by atoms with E-state index >= 15 is 0 Å². The Hall–Kier alpha value is -1.26. The monoisotopic (exact) mass is 276 g/mol. The summed E-state index contributed by atoms with van der Waals surface area (Å²) in [4.78, 5) is 4.77. The van der Waals surface area contributed by atoms with Crippen molar-refractivity contribution in [2.24, 2.45) is 5.73 Å². The van der Waals surface area contributed by atoms with Crippen LogP contribution in [0.15, 0.2) is 29.6 Å². The lowest BCUT2D eigenvalue weighted by atomic mass is 9.87. The smallest absolute Gasteiger partial charge is 0.124 e. The third kappa shape index (κ3) is 2.76. The fourth-order valence-electron chi connectivity index (χ4n) is 1.63. The Morgan fingerprint density at radius 2 is 1.83 bits per heavy atom. The third-order valence-corrected chi connectivity index (χ3v) is 3.86. The number of rotatable bonds is 2. The second kappa shape index (κ2) is 4.78. The number of nitrogens with two attached hydrogens (primary N) is 1. The summed E-state index contributed by atoms with van der Waals surface area (Å²) in [6.07, 6.45) is 0. The van der Waals surface area contributed by atoms with Crippen molar-refractivity contribution in [1.29, 1.82) is 0 Å². The van der Waals surface area contributed by atoms with Crippen LogP contribution in [0.4, 0.5) is 0 Å². The maximum absolute atomic E-state index is 5.56. The molecular formula is C14H16N2S2. The highest BCUT2D eigenvalue weighted by Gasteiger charge is 2.13. The summed E-state index contributed by atoms with van der Waals surface area (Å²) in [6, 6.07) is 8.50. The van der Waals surface area contributed by atoms with Crippen LogP contribution in [0.1, 0.15) is 32.0 Å². The predicted molar refractivity (Wildman–Crippen MR) is 82.1 cm³/mol. The third-order valence-electron chi connectivity index (χ3n) is 2.75. The van der Waals surface area contributed by atoms with Crippen LogP contribution in [0.2, 0.25) is 0 Å². The molecule has 0 bridgehead atoms. The van der Waals surface area contributed by atoms with E-state index in [-0.39, 0.29) is 5.41 Å². The molecule has 0 aliphatic rings. The minimum atomic E-state index is 0.172. The first kappa shape index (κ1) is 13.2. The van der Waals surface area contributed by atoms with E-state index in [0.717, 1.165) is 10.6 Å². The molecule has 4 heteroatoms. The van der Waals surface area contributed by atoms with E-state index in [9.17, 15) is 0 Å². The lowest BCUT2D eigenvalue weighted by molar-refractivity contribution is 0.590. The van der Waals surface area contributed by atoms with Crippen LogP contribution in [0.25, 0.3) is 10.6 Å². The first-order chi connectivity index (χ1) is 8.38. The highest BCUT2D eigenvalue weighted by atomic mass is 32.1. The molecule has 0 saturated carbocycles. The van der Waals surface area contributed by atoms with E-state index in [2.05, 4.69) is 50.0 Å². The summed E-state index contributed by atoms with van der Waals surface area (Å²) in [7, 11) is 0. The molecule has 94 valence electrons. The Morgan fingerprint density at radius 3 is 2.28 bits per heavy atom. The van der Waals surface area contributed by atoms with E-state index in [0.29, 0.717) is 10.7 Å². The molecule has 2 rings (SSSR count). The van der Waals surface area contributed by atoms with E-state index in [1.807, 2.05) is 5.38 Å². The van der Waals surface area contributed by atoms with Crippen LogP contribution < -0.4 is 5.73 Å². The van der Waals surface area contributed by atoms with Crippen LogP contribution in [-0.4, -0.2) is 9.97 Å². The quantitative estimate of drug-likeness (QED) is 0.849. The van der Waals surface area contributed by atoms with Gasteiger partial charge < -0.3 is 5.73 Å². The van der Waals surface area contributed by atoms with Gasteiger partial charge in [0.05, 0.1) is 0 Å². The van der Waals surface area contributed by atoms with Gasteiger partial charge in [-0.3, -0.25) is 0 Å². The van der Waals surface area contributed by atoms with Crippen molar-refractivity contribution in [1.82, 2.24) is 4.98 Å². The Labute approximate surface area is 117 Å². The van der Waals surface area contributed by atoms with Crippen molar-refractivity contribution in [3.8, 4) is 10.6 Å². The van der Waals surface area contributed by atoms with E-state index < -0.39 is 0 Å². The molecule has 0 amide bonds. The SMILES string of the molecule is CC(C)(C)c1ccc(-c2nc(C(N)=S)cs2)cc1. The molecule has 0 aliphatic heterocycles. The fourth-order valence-corrected chi connectivity index (χ4v) is 2.64. The molecular weight excluding hydrogens is 260 g/mol. The Morgan fingerprint density at radius 1 is 1.22 bits per heavy atom. The van der Waals surface area contributed by atoms with Crippen molar-refractivity contribution in [2.75, 3.05) is 0 Å². The molecule has 2 aromatic rings. The van der Waals surface area contributed by atoms with Crippen LogP contribution in [0.3, 0.4) is 0 Å². The molecule has 0 radical (unpaired) electrons. The van der Waals surface area contributed by atoms with Crippen molar-refractivity contribution in [3.05, 3.63) is 40.9 Å². The second-order valence-corrected chi connectivity index (χ2v) is 6.53. The summed E-state index contributed by atoms with van der Waals surface area (Å²) >= 11 is 6.48. The van der Waals surface area contributed by atoms with Gasteiger partial charge in [-0.25, -0.2) is 4.98 Å². The summed E-state index contributed by atoms with van der Waals surface area (Å²) in [5, 5.41) is 2.85. The Bertz CT molecular complexity index is 562. The van der Waals surface area contributed by atoms with Crippen molar-refractivity contribution in [2.45, 2.75) is 26.2 Å². The lowest BCUT2D eigenvalue weighted by Gasteiger charge is -2.18. The predicted octanol–water partition coefficient (Wildman–Crippen LogP) is 3.74. The molecule has 0 spiro atoms. The van der Waals surface area contributed by atoms with Gasteiger partial charge >= 0.3 is 0 Å². The first-order valence-corrected chi connectivity index (χ1v) is 7.03. The molecule has 1 heterocycles. The zero-order chi connectivity index (χ0) is 13.3. The minimum Gasteiger partial charge on any atom is -0.388 e. The van der Waals surface area contributed by atoms with Gasteiger partial charge in [0.25, 0.3) is 0 Å². The van der Waals surface area contributed by atoms with Gasteiger partial charge in [0.1, 0.15) is 15.7 Å². The average Bonchev–Trinajstić information content (AvgIpc) is 2.77. The first-order valence-electron chi connectivity index (χ1n) is 5.74. The van der Waals surface area contributed by atoms with E-state index in [1.165, 1.54) is 5.56 Å². The molecule has 0 atom stereocenters. The zero-order valence-electron chi connectivity index (χ0n) is 10.7. The maximum Gasteiger partial charge on any atom is 0.124 e. The number of thiocarbonyl (C=S) groups is 1. The molecule has 2 N–H and O–H groups in total. The number of nitrogens with zero attached hydrogens (tertiary/aromatic N) is 1. The van der Waals surface area contributed by atoms with Gasteiger partial charge in [0.2, 0.25) is 0 Å². The largest absolute Gasteiger partial charge is 0.388 e. The van der Waals surface area contributed by atoms with E-state index in [4.69, 9.17) is 18.0 Å². The van der Waals surface area contributed by atoms with Crippen LogP contribution in [0.5, 0.6) is 0 Å². The van der Waals surface area contributed by atoms with Gasteiger partial charge in [-0.05, 0) is 11.0 Å². The molecule has 2 nitrogen and oxygen atoms in total. The summed E-state index contributed by atoms with van der Waals surface area (Å²) in [5.74, 6) is 0. The molecule has 1 aromatic carbocycles. The fraction of sp³-hybridized carbons (Fsp3) is 0.286. The molecule has 0 unspecified atom stereocenters. The van der Waals surface area contributed by atoms with Gasteiger partial charge in [0, 0.05) is 10.9 Å². The molecule has 0 saturated heterocycles. The van der Waals surface area contributed by atoms with Crippen molar-refractivity contribution >= 4 is 28.5 Å². The van der Waals surface area contributed by atoms with Crippen molar-refractivity contribution in [3.63, 3.8) is 0 Å². The topological polar surface area (TPSA) is 38.9 Å². The van der Waals surface area contributed by atoms with Crippen molar-refractivity contribution < 1.29 is 0 Å². The summed E-state index contributed by atoms with van der Waals surface area (Å²) in [5.41, 5.74) is 8.86. The standard InChI is InChI=1S/C14H16N2S2/c1-14(2,3)10-6-4-9(5-7-10)13-16-11(8-18-13)12(15)17/h4-8H,1-3H3,(H2,15,17). The van der Waals surface area contributed by atoms with Gasteiger partial charge in [-0.15, -0.1) is 11.3 Å². The molecule has 0 fully saturated rings. The maximum atomic E-state index is 5.56. The number of hydrogen-bond donors (Lipinski definition) is 1. The average molecular weight is 276 g/mol. The minimum absolute atomic E-state index is 0.172. The lowest BCUT2D eigenvalue weighted by Crippen LogP contribution is -2.10. The highest BCUT2D eigenvalue weighted by Crippen LogP contribution is 2.27. The Balaban J connectivity index is 2.31. The van der Waals surface area contributed by atoms with E-state index in [1.54, 1.807) is 11.3 Å². The number of aromatic nitrogens is 1. The molecule has 18 heavy (non-hydrogen) atoms. The number of benzene rings is 1. The summed E-state index contributed by atoms with van der Waals surface area (Å²) in [6.45, 7) is 6.61. The normalized spacial score (nSPS) is 11.5.